The standard InChI is InChI=1S/C17H25F3N6O3/c1-21-13(12-26(9-10-27)16(28)29)11-24-5-2-6-25(8-7-24)15-22-4-3-14(23-15)17(18,19)20/h3-4,10,13,21H,2,5-9,11-12H2,1H3,(H,28,29). The predicted octanol–water partition coefficient (Wildman–Crippen LogP) is 0.774. The van der Waals surface area contributed by atoms with E-state index < -0.39 is 18.0 Å². The number of anilines is 1. The Labute approximate surface area is 166 Å². The molecule has 0 bridgehead atoms. The van der Waals surface area contributed by atoms with Crippen LogP contribution in [0, 0.1) is 0 Å². The van der Waals surface area contributed by atoms with E-state index in [1.807, 2.05) is 0 Å². The van der Waals surface area contributed by atoms with Crippen LogP contribution in [0.1, 0.15) is 12.1 Å². The molecule has 9 nitrogen and oxygen atoms in total. The fourth-order valence-electron chi connectivity index (χ4n) is 3.15. The van der Waals surface area contributed by atoms with Crippen molar-refractivity contribution in [1.29, 1.82) is 0 Å². The number of rotatable bonds is 8. The number of nitrogens with zero attached hydrogens (tertiary/aromatic N) is 5. The van der Waals surface area contributed by atoms with Crippen molar-refractivity contribution in [3.63, 3.8) is 0 Å². The van der Waals surface area contributed by atoms with Gasteiger partial charge >= 0.3 is 12.3 Å². The number of alkyl halides is 3. The maximum Gasteiger partial charge on any atom is 0.433 e. The van der Waals surface area contributed by atoms with Gasteiger partial charge in [0.1, 0.15) is 12.0 Å². The molecular formula is C17H25F3N6O3. The highest BCUT2D eigenvalue weighted by Gasteiger charge is 2.33. The number of carbonyl (C=O) groups excluding carboxylic acids is 1. The fraction of sp³-hybridized carbons (Fsp3) is 0.647. The summed E-state index contributed by atoms with van der Waals surface area (Å²) in [5.74, 6) is 0.0508. The van der Waals surface area contributed by atoms with Gasteiger partial charge in [-0.1, -0.05) is 0 Å². The van der Waals surface area contributed by atoms with Gasteiger partial charge in [-0.05, 0) is 26.1 Å². The number of likely N-dealkylation sites (N-methyl/N-ethyl adjacent to an activating group) is 1. The first kappa shape index (κ1) is 22.8. The topological polar surface area (TPSA) is 102 Å². The van der Waals surface area contributed by atoms with Gasteiger partial charge in [0.2, 0.25) is 5.95 Å². The van der Waals surface area contributed by atoms with Gasteiger partial charge in [0.15, 0.2) is 0 Å². The highest BCUT2D eigenvalue weighted by Crippen LogP contribution is 2.28. The molecule has 1 unspecified atom stereocenters. The second-order valence-corrected chi connectivity index (χ2v) is 6.72. The Kier molecular flexibility index (Phi) is 8.14. The van der Waals surface area contributed by atoms with E-state index in [2.05, 4.69) is 20.2 Å². The molecule has 1 aromatic rings. The van der Waals surface area contributed by atoms with E-state index in [4.69, 9.17) is 5.11 Å². The molecule has 12 heteroatoms. The van der Waals surface area contributed by atoms with Crippen LogP contribution in [0.25, 0.3) is 0 Å². The van der Waals surface area contributed by atoms with Gasteiger partial charge in [-0.2, -0.15) is 13.2 Å². The molecule has 0 saturated carbocycles. The van der Waals surface area contributed by atoms with E-state index in [1.54, 1.807) is 11.9 Å². The summed E-state index contributed by atoms with van der Waals surface area (Å²) in [5.41, 5.74) is -0.970. The Morgan fingerprint density at radius 3 is 2.76 bits per heavy atom. The van der Waals surface area contributed by atoms with Crippen LogP contribution in [0.4, 0.5) is 23.9 Å². The first-order valence-electron chi connectivity index (χ1n) is 9.21. The lowest BCUT2D eigenvalue weighted by atomic mass is 10.2. The summed E-state index contributed by atoms with van der Waals surface area (Å²) in [6.45, 7) is 2.74. The number of amides is 1. The Morgan fingerprint density at radius 1 is 1.38 bits per heavy atom. The number of aromatic nitrogens is 2. The van der Waals surface area contributed by atoms with Gasteiger partial charge in [0.05, 0.1) is 6.54 Å². The summed E-state index contributed by atoms with van der Waals surface area (Å²) in [7, 11) is 1.71. The van der Waals surface area contributed by atoms with Crippen molar-refractivity contribution in [2.75, 3.05) is 57.8 Å². The largest absolute Gasteiger partial charge is 0.465 e. The molecule has 162 valence electrons. The van der Waals surface area contributed by atoms with Crippen molar-refractivity contribution >= 4 is 18.3 Å². The maximum absolute atomic E-state index is 12.9. The van der Waals surface area contributed by atoms with Crippen molar-refractivity contribution in [1.82, 2.24) is 25.1 Å². The van der Waals surface area contributed by atoms with E-state index in [1.165, 1.54) is 0 Å². The highest BCUT2D eigenvalue weighted by atomic mass is 19.4. The molecule has 0 radical (unpaired) electrons. The van der Waals surface area contributed by atoms with Gasteiger partial charge in [-0.15, -0.1) is 0 Å². The average molecular weight is 418 g/mol. The first-order valence-corrected chi connectivity index (χ1v) is 9.21. The molecule has 29 heavy (non-hydrogen) atoms. The molecule has 2 rings (SSSR count). The number of aldehydes is 1. The summed E-state index contributed by atoms with van der Waals surface area (Å²) in [6, 6.07) is 0.654. The lowest BCUT2D eigenvalue weighted by Gasteiger charge is -2.29. The molecule has 2 heterocycles. The van der Waals surface area contributed by atoms with Crippen LogP contribution < -0.4 is 10.2 Å². The molecule has 1 saturated heterocycles. The number of nitrogens with one attached hydrogen (secondary N) is 1. The smallest absolute Gasteiger partial charge is 0.433 e. The van der Waals surface area contributed by atoms with E-state index >= 15 is 0 Å². The van der Waals surface area contributed by atoms with Crippen molar-refractivity contribution < 1.29 is 27.9 Å². The molecular weight excluding hydrogens is 393 g/mol. The molecule has 1 atom stereocenters. The third-order valence-corrected chi connectivity index (χ3v) is 4.70. The number of hydrogen-bond donors (Lipinski definition) is 2. The molecule has 1 aliphatic heterocycles. The van der Waals surface area contributed by atoms with Crippen LogP contribution in [0.2, 0.25) is 0 Å². The number of carboxylic acid groups (broad SMARTS) is 1. The zero-order valence-electron chi connectivity index (χ0n) is 16.1. The normalized spacial score (nSPS) is 16.9. The summed E-state index contributed by atoms with van der Waals surface area (Å²) < 4.78 is 38.7. The molecule has 0 aliphatic carbocycles. The second-order valence-electron chi connectivity index (χ2n) is 6.72. The van der Waals surface area contributed by atoms with Gasteiger partial charge in [0.25, 0.3) is 0 Å². The van der Waals surface area contributed by atoms with E-state index in [-0.39, 0.29) is 25.1 Å². The van der Waals surface area contributed by atoms with Gasteiger partial charge < -0.3 is 20.1 Å². The zero-order chi connectivity index (χ0) is 21.4. The lowest BCUT2D eigenvalue weighted by molar-refractivity contribution is -0.141. The Hall–Kier alpha value is -2.47. The van der Waals surface area contributed by atoms with Crippen LogP contribution in [-0.2, 0) is 11.0 Å². The van der Waals surface area contributed by atoms with Crippen LogP contribution >= 0.6 is 0 Å². The molecule has 1 fully saturated rings. The first-order chi connectivity index (χ1) is 13.7. The quantitative estimate of drug-likeness (QED) is 0.597. The van der Waals surface area contributed by atoms with Crippen molar-refractivity contribution in [3.05, 3.63) is 18.0 Å². The summed E-state index contributed by atoms with van der Waals surface area (Å²) in [6.07, 6.45) is -3.33. The molecule has 2 N–H and O–H groups in total. The van der Waals surface area contributed by atoms with E-state index in [0.717, 1.165) is 17.2 Å². The predicted molar refractivity (Wildman–Crippen MR) is 98.8 cm³/mol. The van der Waals surface area contributed by atoms with E-state index in [9.17, 15) is 22.8 Å². The third kappa shape index (κ3) is 6.82. The fourth-order valence-corrected chi connectivity index (χ4v) is 3.15. The summed E-state index contributed by atoms with van der Waals surface area (Å²) >= 11 is 0. The molecule has 1 aliphatic rings. The number of halogens is 3. The van der Waals surface area contributed by atoms with Crippen molar-refractivity contribution in [2.24, 2.45) is 0 Å². The Morgan fingerprint density at radius 2 is 2.14 bits per heavy atom. The van der Waals surface area contributed by atoms with Crippen molar-refractivity contribution in [2.45, 2.75) is 18.6 Å². The lowest BCUT2D eigenvalue weighted by Crippen LogP contribution is -2.49. The van der Waals surface area contributed by atoms with Gasteiger partial charge in [0, 0.05) is 45.0 Å². The van der Waals surface area contributed by atoms with Crippen LogP contribution in [0.5, 0.6) is 0 Å². The molecule has 1 aromatic heterocycles. The highest BCUT2D eigenvalue weighted by molar-refractivity contribution is 5.69. The second kappa shape index (κ2) is 10.3. The van der Waals surface area contributed by atoms with Crippen molar-refractivity contribution in [3.8, 4) is 0 Å². The average Bonchev–Trinajstić information content (AvgIpc) is 2.91. The van der Waals surface area contributed by atoms with E-state index in [0.29, 0.717) is 45.4 Å². The third-order valence-electron chi connectivity index (χ3n) is 4.70. The Balaban J connectivity index is 1.97. The van der Waals surface area contributed by atoms with Crippen LogP contribution in [-0.4, -0.2) is 96.2 Å². The monoisotopic (exact) mass is 418 g/mol. The molecule has 1 amide bonds. The minimum atomic E-state index is -4.52. The van der Waals surface area contributed by atoms with Gasteiger partial charge in [-0.25, -0.2) is 14.8 Å². The zero-order valence-corrected chi connectivity index (χ0v) is 16.1. The summed E-state index contributed by atoms with van der Waals surface area (Å²) in [5, 5.41) is 12.2. The maximum atomic E-state index is 12.9. The van der Waals surface area contributed by atoms with Crippen LogP contribution in [0.15, 0.2) is 12.3 Å². The number of carbonyl (C=O) groups is 2. The number of hydrogen-bond acceptors (Lipinski definition) is 7. The van der Waals surface area contributed by atoms with Gasteiger partial charge in [-0.3, -0.25) is 9.80 Å². The SMILES string of the molecule is CNC(CN1CCCN(c2nccc(C(F)(F)F)n2)CC1)CN(CC=O)C(=O)O. The minimum absolute atomic E-state index is 0.0508. The summed E-state index contributed by atoms with van der Waals surface area (Å²) in [4.78, 5) is 34.4. The molecule has 0 aromatic carbocycles. The molecule has 0 spiro atoms. The minimum Gasteiger partial charge on any atom is -0.465 e. The van der Waals surface area contributed by atoms with Crippen LogP contribution in [0.3, 0.4) is 0 Å². The Bertz CT molecular complexity index is 691.